The highest BCUT2D eigenvalue weighted by Gasteiger charge is 2.38. The Morgan fingerprint density at radius 3 is 2.67 bits per heavy atom. The lowest BCUT2D eigenvalue weighted by Gasteiger charge is -2.38. The third kappa shape index (κ3) is 1.61. The maximum atomic E-state index is 11.3. The van der Waals surface area contributed by atoms with Crippen molar-refractivity contribution in [3.63, 3.8) is 0 Å². The molecule has 0 bridgehead atoms. The molecule has 0 radical (unpaired) electrons. The van der Waals surface area contributed by atoms with Gasteiger partial charge < -0.3 is 5.32 Å². The third-order valence-corrected chi connectivity index (χ3v) is 2.49. The van der Waals surface area contributed by atoms with Crippen molar-refractivity contribution in [2.75, 3.05) is 13.1 Å². The Kier molecular flexibility index (Phi) is 1.65. The van der Waals surface area contributed by atoms with Gasteiger partial charge in [0.1, 0.15) is 0 Å². The Morgan fingerprint density at radius 2 is 2.17 bits per heavy atom. The van der Waals surface area contributed by atoms with E-state index in [-0.39, 0.29) is 11.4 Å². The monoisotopic (exact) mass is 168 g/mol. The normalized spacial score (nSPS) is 30.0. The van der Waals surface area contributed by atoms with Crippen LogP contribution in [-0.2, 0) is 4.79 Å². The van der Waals surface area contributed by atoms with Crippen molar-refractivity contribution in [2.24, 2.45) is 0 Å². The van der Waals surface area contributed by atoms with Crippen LogP contribution in [0.3, 0.4) is 0 Å². The molecule has 0 aromatic carbocycles. The van der Waals surface area contributed by atoms with Crippen molar-refractivity contribution in [3.8, 4) is 0 Å². The standard InChI is InChI=1S/C9H16N2O/c1-9(2)6-11(7-3-4-7)5-8(12)10-9/h7H,3-6H2,1-2H3,(H,10,12). The van der Waals surface area contributed by atoms with E-state index in [9.17, 15) is 4.79 Å². The summed E-state index contributed by atoms with van der Waals surface area (Å²) in [5, 5.41) is 2.99. The number of hydrogen-bond donors (Lipinski definition) is 1. The summed E-state index contributed by atoms with van der Waals surface area (Å²) in [7, 11) is 0. The molecule has 68 valence electrons. The molecule has 3 heteroatoms. The number of hydrogen-bond acceptors (Lipinski definition) is 2. The molecule has 1 heterocycles. The van der Waals surface area contributed by atoms with E-state index in [0.29, 0.717) is 12.6 Å². The van der Waals surface area contributed by atoms with Gasteiger partial charge in [-0.3, -0.25) is 9.69 Å². The molecule has 1 aliphatic heterocycles. The summed E-state index contributed by atoms with van der Waals surface area (Å²) >= 11 is 0. The maximum Gasteiger partial charge on any atom is 0.234 e. The van der Waals surface area contributed by atoms with E-state index >= 15 is 0 Å². The second kappa shape index (κ2) is 2.46. The number of piperazine rings is 1. The minimum atomic E-state index is -0.0298. The molecule has 0 aromatic rings. The summed E-state index contributed by atoms with van der Waals surface area (Å²) in [6.07, 6.45) is 2.56. The molecule has 1 N–H and O–H groups in total. The van der Waals surface area contributed by atoms with Crippen molar-refractivity contribution < 1.29 is 4.79 Å². The lowest BCUT2D eigenvalue weighted by Crippen LogP contribution is -2.60. The molecule has 12 heavy (non-hydrogen) atoms. The van der Waals surface area contributed by atoms with Crippen molar-refractivity contribution in [1.82, 2.24) is 10.2 Å². The van der Waals surface area contributed by atoms with E-state index < -0.39 is 0 Å². The average molecular weight is 168 g/mol. The maximum absolute atomic E-state index is 11.3. The zero-order chi connectivity index (χ0) is 8.77. The topological polar surface area (TPSA) is 32.3 Å². The van der Waals surface area contributed by atoms with Gasteiger partial charge >= 0.3 is 0 Å². The van der Waals surface area contributed by atoms with Crippen LogP contribution in [0, 0.1) is 0 Å². The second-order valence-electron chi connectivity index (χ2n) is 4.57. The molecule has 1 aliphatic carbocycles. The molecule has 0 unspecified atom stereocenters. The number of rotatable bonds is 1. The van der Waals surface area contributed by atoms with Crippen LogP contribution in [0.15, 0.2) is 0 Å². The van der Waals surface area contributed by atoms with Crippen molar-refractivity contribution in [1.29, 1.82) is 0 Å². The van der Waals surface area contributed by atoms with E-state index in [4.69, 9.17) is 0 Å². The Bertz CT molecular complexity index is 209. The van der Waals surface area contributed by atoms with Gasteiger partial charge in [-0.2, -0.15) is 0 Å². The Morgan fingerprint density at radius 1 is 1.50 bits per heavy atom. The van der Waals surface area contributed by atoms with Gasteiger partial charge in [0.25, 0.3) is 0 Å². The summed E-state index contributed by atoms with van der Waals surface area (Å²) in [4.78, 5) is 13.6. The number of carbonyl (C=O) groups excluding carboxylic acids is 1. The van der Waals surface area contributed by atoms with Crippen LogP contribution in [0.5, 0.6) is 0 Å². The van der Waals surface area contributed by atoms with Gasteiger partial charge in [-0.25, -0.2) is 0 Å². The van der Waals surface area contributed by atoms with E-state index in [1.165, 1.54) is 12.8 Å². The predicted octanol–water partition coefficient (Wildman–Crippen LogP) is 0.359. The molecule has 2 aliphatic rings. The second-order valence-corrected chi connectivity index (χ2v) is 4.57. The largest absolute Gasteiger partial charge is 0.349 e. The van der Waals surface area contributed by atoms with Crippen LogP contribution in [-0.4, -0.2) is 35.5 Å². The van der Waals surface area contributed by atoms with Crippen molar-refractivity contribution in [2.45, 2.75) is 38.3 Å². The first-order chi connectivity index (χ1) is 5.57. The smallest absolute Gasteiger partial charge is 0.234 e. The van der Waals surface area contributed by atoms with Crippen LogP contribution in [0.1, 0.15) is 26.7 Å². The first-order valence-electron chi connectivity index (χ1n) is 4.62. The Labute approximate surface area is 73.1 Å². The van der Waals surface area contributed by atoms with Gasteiger partial charge in [-0.05, 0) is 26.7 Å². The zero-order valence-corrected chi connectivity index (χ0v) is 7.76. The third-order valence-electron chi connectivity index (χ3n) is 2.49. The van der Waals surface area contributed by atoms with Crippen LogP contribution >= 0.6 is 0 Å². The number of amides is 1. The minimum Gasteiger partial charge on any atom is -0.349 e. The Hall–Kier alpha value is -0.570. The fraction of sp³-hybridized carbons (Fsp3) is 0.889. The quantitative estimate of drug-likeness (QED) is 0.613. The van der Waals surface area contributed by atoms with Crippen molar-refractivity contribution >= 4 is 5.91 Å². The van der Waals surface area contributed by atoms with Gasteiger partial charge in [0.15, 0.2) is 0 Å². The molecule has 2 fully saturated rings. The zero-order valence-electron chi connectivity index (χ0n) is 7.76. The molecule has 1 saturated carbocycles. The molecule has 2 rings (SSSR count). The van der Waals surface area contributed by atoms with E-state index in [1.807, 2.05) is 0 Å². The molecule has 0 aromatic heterocycles. The van der Waals surface area contributed by atoms with Gasteiger partial charge in [0.2, 0.25) is 5.91 Å². The molecule has 3 nitrogen and oxygen atoms in total. The van der Waals surface area contributed by atoms with Crippen LogP contribution < -0.4 is 5.32 Å². The highest BCUT2D eigenvalue weighted by atomic mass is 16.2. The summed E-state index contributed by atoms with van der Waals surface area (Å²) in [6, 6.07) is 0.704. The van der Waals surface area contributed by atoms with Crippen LogP contribution in [0.2, 0.25) is 0 Å². The predicted molar refractivity (Wildman–Crippen MR) is 46.8 cm³/mol. The first kappa shape index (κ1) is 8.05. The highest BCUT2D eigenvalue weighted by molar-refractivity contribution is 5.79. The van der Waals surface area contributed by atoms with E-state index in [0.717, 1.165) is 6.54 Å². The summed E-state index contributed by atoms with van der Waals surface area (Å²) in [5.74, 6) is 0.179. The molecule has 1 saturated heterocycles. The lowest BCUT2D eigenvalue weighted by atomic mass is 10.0. The molecular weight excluding hydrogens is 152 g/mol. The number of nitrogens with one attached hydrogen (secondary N) is 1. The van der Waals surface area contributed by atoms with Gasteiger partial charge in [-0.1, -0.05) is 0 Å². The fourth-order valence-electron chi connectivity index (χ4n) is 1.90. The van der Waals surface area contributed by atoms with Crippen LogP contribution in [0.4, 0.5) is 0 Å². The van der Waals surface area contributed by atoms with Crippen LogP contribution in [0.25, 0.3) is 0 Å². The first-order valence-corrected chi connectivity index (χ1v) is 4.62. The molecule has 0 atom stereocenters. The average Bonchev–Trinajstić information content (AvgIpc) is 2.61. The number of carbonyl (C=O) groups is 1. The summed E-state index contributed by atoms with van der Waals surface area (Å²) in [5.41, 5.74) is -0.0298. The lowest BCUT2D eigenvalue weighted by molar-refractivity contribution is -0.127. The SMILES string of the molecule is CC1(C)CN(C2CC2)CC(=O)N1. The molecular formula is C9H16N2O. The van der Waals surface area contributed by atoms with Gasteiger partial charge in [0.05, 0.1) is 6.54 Å². The molecule has 0 spiro atoms. The van der Waals surface area contributed by atoms with Gasteiger partial charge in [0, 0.05) is 18.1 Å². The summed E-state index contributed by atoms with van der Waals surface area (Å²) < 4.78 is 0. The van der Waals surface area contributed by atoms with Crippen molar-refractivity contribution in [3.05, 3.63) is 0 Å². The van der Waals surface area contributed by atoms with Gasteiger partial charge in [-0.15, -0.1) is 0 Å². The summed E-state index contributed by atoms with van der Waals surface area (Å²) in [6.45, 7) is 5.77. The Balaban J connectivity index is 2.02. The fourth-order valence-corrected chi connectivity index (χ4v) is 1.90. The number of nitrogens with zero attached hydrogens (tertiary/aromatic N) is 1. The molecule has 1 amide bonds. The minimum absolute atomic E-state index is 0.0298. The highest BCUT2D eigenvalue weighted by Crippen LogP contribution is 2.29. The van der Waals surface area contributed by atoms with E-state index in [2.05, 4.69) is 24.1 Å². The van der Waals surface area contributed by atoms with E-state index in [1.54, 1.807) is 0 Å².